The van der Waals surface area contributed by atoms with Gasteiger partial charge >= 0.3 is 0 Å². The van der Waals surface area contributed by atoms with Crippen LogP contribution in [-0.2, 0) is 10.8 Å². The molecule has 0 heterocycles. The average Bonchev–Trinajstić information content (AvgIpc) is 2.01. The van der Waals surface area contributed by atoms with Crippen molar-refractivity contribution >= 4 is 22.6 Å². The molecule has 11 heavy (non-hydrogen) atoms. The van der Waals surface area contributed by atoms with Gasteiger partial charge in [0.05, 0.1) is 0 Å². The lowest BCUT2D eigenvalue weighted by Crippen LogP contribution is -2.09. The van der Waals surface area contributed by atoms with Gasteiger partial charge in [0.1, 0.15) is 0 Å². The third-order valence-electron chi connectivity index (χ3n) is 1.24. The van der Waals surface area contributed by atoms with Crippen LogP contribution in [0.25, 0.3) is 0 Å². The van der Waals surface area contributed by atoms with Crippen molar-refractivity contribution in [3.05, 3.63) is 0 Å². The van der Waals surface area contributed by atoms with Crippen molar-refractivity contribution < 1.29 is 4.21 Å². The molecule has 0 saturated carbocycles. The van der Waals surface area contributed by atoms with E-state index in [0.29, 0.717) is 6.54 Å². The van der Waals surface area contributed by atoms with Crippen LogP contribution in [0.1, 0.15) is 13.3 Å². The van der Waals surface area contributed by atoms with E-state index < -0.39 is 10.8 Å². The number of nitrogens with two attached hydrogens (primary N) is 1. The summed E-state index contributed by atoms with van der Waals surface area (Å²) in [5.41, 5.74) is 5.29. The molecule has 2 nitrogen and oxygen atoms in total. The van der Waals surface area contributed by atoms with Gasteiger partial charge in [-0.25, -0.2) is 0 Å². The molecule has 0 aliphatic heterocycles. The van der Waals surface area contributed by atoms with Crippen LogP contribution in [0.5, 0.6) is 0 Å². The summed E-state index contributed by atoms with van der Waals surface area (Å²) in [5, 5.41) is 0. The van der Waals surface area contributed by atoms with Crippen molar-refractivity contribution in [2.75, 3.05) is 29.6 Å². The largest absolute Gasteiger partial charge is 0.330 e. The van der Waals surface area contributed by atoms with Gasteiger partial charge in [-0.05, 0) is 18.7 Å². The number of rotatable bonds is 7. The summed E-state index contributed by atoms with van der Waals surface area (Å²) in [7, 11) is -0.622. The maximum atomic E-state index is 11.1. The van der Waals surface area contributed by atoms with Gasteiger partial charge in [-0.1, -0.05) is 6.92 Å². The molecule has 0 aliphatic carbocycles. The molecule has 0 saturated heterocycles. The van der Waals surface area contributed by atoms with E-state index in [4.69, 9.17) is 5.73 Å². The summed E-state index contributed by atoms with van der Waals surface area (Å²) < 4.78 is 11.1. The second-order valence-corrected chi connectivity index (χ2v) is 5.28. The highest BCUT2D eigenvalue weighted by molar-refractivity contribution is 8.00. The van der Waals surface area contributed by atoms with Crippen molar-refractivity contribution in [3.63, 3.8) is 0 Å². The minimum Gasteiger partial charge on any atom is -0.330 e. The topological polar surface area (TPSA) is 43.1 Å². The van der Waals surface area contributed by atoms with Crippen LogP contribution in [-0.4, -0.2) is 33.8 Å². The smallest absolute Gasteiger partial charge is 0.0325 e. The average molecular weight is 195 g/mol. The molecule has 0 fully saturated rings. The Morgan fingerprint density at radius 1 is 1.45 bits per heavy atom. The lowest BCUT2D eigenvalue weighted by Gasteiger charge is -1.99. The predicted molar refractivity (Wildman–Crippen MR) is 54.5 cm³/mol. The van der Waals surface area contributed by atoms with Crippen LogP contribution in [0, 0.1) is 0 Å². The Kier molecular flexibility index (Phi) is 8.91. The van der Waals surface area contributed by atoms with Crippen molar-refractivity contribution in [2.45, 2.75) is 13.3 Å². The first-order valence-electron chi connectivity index (χ1n) is 3.94. The lowest BCUT2D eigenvalue weighted by molar-refractivity contribution is 0.681. The molecule has 1 atom stereocenters. The Labute approximate surface area is 75.8 Å². The number of thioether (sulfide) groups is 1. The summed E-state index contributed by atoms with van der Waals surface area (Å²) in [6.45, 7) is 2.78. The standard InChI is InChI=1S/C7H17NOS2/c1-2-10-5-7-11(9)6-3-4-8/h2-8H2,1H3. The normalized spacial score (nSPS) is 13.3. The van der Waals surface area contributed by atoms with E-state index in [0.717, 1.165) is 29.4 Å². The van der Waals surface area contributed by atoms with E-state index in [9.17, 15) is 4.21 Å². The summed E-state index contributed by atoms with van der Waals surface area (Å²) in [6, 6.07) is 0. The Bertz CT molecular complexity index is 109. The molecular weight excluding hydrogens is 178 g/mol. The van der Waals surface area contributed by atoms with Gasteiger partial charge in [0.2, 0.25) is 0 Å². The monoisotopic (exact) mass is 195 g/mol. The minimum absolute atomic E-state index is 0.622. The Morgan fingerprint density at radius 2 is 2.18 bits per heavy atom. The fourth-order valence-corrected chi connectivity index (χ4v) is 2.84. The molecule has 0 amide bonds. The highest BCUT2D eigenvalue weighted by Crippen LogP contribution is 1.99. The van der Waals surface area contributed by atoms with Crippen LogP contribution in [0.15, 0.2) is 0 Å². The molecule has 0 aromatic heterocycles. The SMILES string of the molecule is CCSCCS(=O)CCCN. The molecule has 1 unspecified atom stereocenters. The molecule has 0 bridgehead atoms. The Morgan fingerprint density at radius 3 is 2.73 bits per heavy atom. The minimum atomic E-state index is -0.622. The maximum Gasteiger partial charge on any atom is 0.0325 e. The molecule has 0 radical (unpaired) electrons. The first kappa shape index (κ1) is 11.5. The van der Waals surface area contributed by atoms with E-state index in [1.807, 2.05) is 11.8 Å². The first-order valence-corrected chi connectivity index (χ1v) is 6.58. The fraction of sp³-hybridized carbons (Fsp3) is 1.00. The van der Waals surface area contributed by atoms with E-state index in [1.165, 1.54) is 0 Å². The van der Waals surface area contributed by atoms with E-state index in [2.05, 4.69) is 6.92 Å². The fourth-order valence-electron chi connectivity index (χ4n) is 0.643. The third kappa shape index (κ3) is 8.37. The van der Waals surface area contributed by atoms with Gasteiger partial charge in [-0.15, -0.1) is 0 Å². The number of hydrogen-bond acceptors (Lipinski definition) is 3. The van der Waals surface area contributed by atoms with Crippen molar-refractivity contribution in [2.24, 2.45) is 5.73 Å². The van der Waals surface area contributed by atoms with Crippen molar-refractivity contribution in [1.29, 1.82) is 0 Å². The highest BCUT2D eigenvalue weighted by Gasteiger charge is 1.97. The predicted octanol–water partition coefficient (Wildman–Crippen LogP) is 0.837. The molecule has 0 aromatic rings. The second kappa shape index (κ2) is 8.56. The summed E-state index contributed by atoms with van der Waals surface area (Å²) in [5.74, 6) is 3.75. The van der Waals surface area contributed by atoms with Crippen LogP contribution in [0.3, 0.4) is 0 Å². The molecule has 2 N–H and O–H groups in total. The van der Waals surface area contributed by atoms with Crippen LogP contribution in [0.2, 0.25) is 0 Å². The quantitative estimate of drug-likeness (QED) is 0.612. The Balaban J connectivity index is 3.09. The molecule has 0 aliphatic rings. The zero-order chi connectivity index (χ0) is 8.53. The second-order valence-electron chi connectivity index (χ2n) is 2.19. The molecule has 4 heteroatoms. The van der Waals surface area contributed by atoms with Gasteiger partial charge < -0.3 is 5.73 Å². The Hall–Kier alpha value is 0.460. The summed E-state index contributed by atoms with van der Waals surface area (Å²) in [6.07, 6.45) is 0.892. The number of hydrogen-bond donors (Lipinski definition) is 1. The van der Waals surface area contributed by atoms with Gasteiger partial charge in [0.15, 0.2) is 0 Å². The van der Waals surface area contributed by atoms with E-state index in [-0.39, 0.29) is 0 Å². The third-order valence-corrected chi connectivity index (χ3v) is 3.80. The molecule has 0 spiro atoms. The maximum absolute atomic E-state index is 11.1. The highest BCUT2D eigenvalue weighted by atomic mass is 32.2. The van der Waals surface area contributed by atoms with E-state index in [1.54, 1.807) is 0 Å². The van der Waals surface area contributed by atoms with Crippen LogP contribution < -0.4 is 5.73 Å². The summed E-state index contributed by atoms with van der Waals surface area (Å²) >= 11 is 1.85. The van der Waals surface area contributed by atoms with Crippen LogP contribution in [0.4, 0.5) is 0 Å². The molecule has 0 aromatic carbocycles. The van der Waals surface area contributed by atoms with Gasteiger partial charge in [-0.2, -0.15) is 11.8 Å². The van der Waals surface area contributed by atoms with Crippen LogP contribution >= 0.6 is 11.8 Å². The lowest BCUT2D eigenvalue weighted by atomic mass is 10.5. The van der Waals surface area contributed by atoms with Crippen molar-refractivity contribution in [3.8, 4) is 0 Å². The van der Waals surface area contributed by atoms with Gasteiger partial charge in [0, 0.05) is 28.1 Å². The van der Waals surface area contributed by atoms with E-state index >= 15 is 0 Å². The van der Waals surface area contributed by atoms with Crippen molar-refractivity contribution in [1.82, 2.24) is 0 Å². The molecular formula is C7H17NOS2. The zero-order valence-corrected chi connectivity index (χ0v) is 8.68. The zero-order valence-electron chi connectivity index (χ0n) is 7.04. The first-order chi connectivity index (χ1) is 5.31. The van der Waals surface area contributed by atoms with Gasteiger partial charge in [0.25, 0.3) is 0 Å². The molecule has 0 rings (SSSR count). The summed E-state index contributed by atoms with van der Waals surface area (Å²) in [4.78, 5) is 0. The van der Waals surface area contributed by atoms with Gasteiger partial charge in [-0.3, -0.25) is 4.21 Å². The molecule has 68 valence electrons.